The highest BCUT2D eigenvalue weighted by molar-refractivity contribution is 7.26. The maximum absolute atomic E-state index is 9.83. The molecule has 9 rings (SSSR count). The first-order valence-electron chi connectivity index (χ1n) is 15.3. The average Bonchev–Trinajstić information content (AvgIpc) is 3.69. The van der Waals surface area contributed by atoms with Gasteiger partial charge in [-0.05, 0) is 105 Å². The summed E-state index contributed by atoms with van der Waals surface area (Å²) in [4.78, 5) is 0. The second kappa shape index (κ2) is 10.8. The number of fused-ring (bicyclic) bond motifs is 6. The van der Waals surface area contributed by atoms with Crippen molar-refractivity contribution in [3.8, 4) is 50.6 Å². The van der Waals surface area contributed by atoms with Gasteiger partial charge in [0.15, 0.2) is 0 Å². The molecule has 0 unspecified atom stereocenters. The van der Waals surface area contributed by atoms with Crippen molar-refractivity contribution < 1.29 is 0 Å². The Morgan fingerprint density at radius 3 is 1.37 bits per heavy atom. The Morgan fingerprint density at radius 2 is 0.804 bits per heavy atom. The molecule has 0 spiro atoms. The van der Waals surface area contributed by atoms with E-state index in [1.165, 1.54) is 62.6 Å². The van der Waals surface area contributed by atoms with Crippen LogP contribution in [0.25, 0.3) is 84.9 Å². The van der Waals surface area contributed by atoms with E-state index in [1.54, 1.807) is 0 Å². The lowest BCUT2D eigenvalue weighted by molar-refractivity contribution is 1.48. The van der Waals surface area contributed by atoms with Crippen molar-refractivity contribution >= 4 is 63.0 Å². The van der Waals surface area contributed by atoms with Gasteiger partial charge in [0.05, 0.1) is 11.6 Å². The monoisotopic (exact) mass is 619 g/mol. The lowest BCUT2D eigenvalue weighted by Crippen LogP contribution is -1.93. The highest BCUT2D eigenvalue weighted by atomic mass is 32.1. The van der Waals surface area contributed by atoms with Crippen LogP contribution < -0.4 is 0 Å². The molecule has 214 valence electrons. The van der Waals surface area contributed by atoms with Gasteiger partial charge in [0, 0.05) is 40.3 Å². The molecular weight excluding hydrogens is 595 g/mol. The van der Waals surface area contributed by atoms with Crippen molar-refractivity contribution in [1.82, 2.24) is 0 Å². The summed E-state index contributed by atoms with van der Waals surface area (Å²) in [6, 6.07) is 56.8. The third-order valence-corrected chi connectivity index (χ3v) is 11.2. The first-order chi connectivity index (χ1) is 22.7. The molecular formula is C43H25NS2. The lowest BCUT2D eigenvalue weighted by atomic mass is 9.85. The van der Waals surface area contributed by atoms with E-state index in [9.17, 15) is 5.26 Å². The van der Waals surface area contributed by atoms with Gasteiger partial charge in [-0.3, -0.25) is 0 Å². The van der Waals surface area contributed by atoms with Gasteiger partial charge in [-0.25, -0.2) is 0 Å². The quantitative estimate of drug-likeness (QED) is 0.192. The fourth-order valence-corrected chi connectivity index (χ4v) is 8.89. The minimum atomic E-state index is 0.655. The molecule has 2 aromatic heterocycles. The number of hydrogen-bond acceptors (Lipinski definition) is 3. The van der Waals surface area contributed by atoms with E-state index in [-0.39, 0.29) is 0 Å². The maximum atomic E-state index is 9.83. The Balaban J connectivity index is 1.36. The van der Waals surface area contributed by atoms with Crippen molar-refractivity contribution in [3.05, 3.63) is 157 Å². The third-order valence-electron chi connectivity index (χ3n) is 8.92. The molecule has 0 aliphatic carbocycles. The highest BCUT2D eigenvalue weighted by Crippen LogP contribution is 2.45. The molecule has 1 nitrogen and oxygen atoms in total. The normalized spacial score (nSPS) is 11.5. The number of nitrogens with zero attached hydrogens (tertiary/aromatic N) is 1. The van der Waals surface area contributed by atoms with Crippen molar-refractivity contribution in [2.24, 2.45) is 0 Å². The molecule has 0 N–H and O–H groups in total. The van der Waals surface area contributed by atoms with Gasteiger partial charge in [-0.2, -0.15) is 5.26 Å². The highest BCUT2D eigenvalue weighted by Gasteiger charge is 2.18. The smallest absolute Gasteiger partial charge is 0.0991 e. The van der Waals surface area contributed by atoms with E-state index >= 15 is 0 Å². The van der Waals surface area contributed by atoms with Gasteiger partial charge in [-0.1, -0.05) is 91.0 Å². The number of thiophene rings is 2. The SMILES string of the molecule is N#Cc1cccc(-c2cc(-c3ccc4sc5ccccc5c4c3)c(-c3ccccc3)cc2-c2ccc3sc4ccccc4c3c2)c1. The van der Waals surface area contributed by atoms with Gasteiger partial charge in [0.2, 0.25) is 0 Å². The van der Waals surface area contributed by atoms with E-state index < -0.39 is 0 Å². The van der Waals surface area contributed by atoms with Crippen LogP contribution in [0.1, 0.15) is 5.56 Å². The van der Waals surface area contributed by atoms with Crippen LogP contribution in [0, 0.1) is 11.3 Å². The Hall–Kier alpha value is -5.53. The van der Waals surface area contributed by atoms with Crippen LogP contribution in [0.3, 0.4) is 0 Å². The summed E-state index contributed by atoms with van der Waals surface area (Å²) in [6.45, 7) is 0. The molecule has 0 amide bonds. The Bertz CT molecular complexity index is 2650. The van der Waals surface area contributed by atoms with Gasteiger partial charge in [0.1, 0.15) is 0 Å². The second-order valence-electron chi connectivity index (χ2n) is 11.6. The van der Waals surface area contributed by atoms with Crippen molar-refractivity contribution in [2.75, 3.05) is 0 Å². The lowest BCUT2D eigenvalue weighted by Gasteiger charge is -2.19. The van der Waals surface area contributed by atoms with E-state index in [4.69, 9.17) is 0 Å². The maximum Gasteiger partial charge on any atom is 0.0991 e. The van der Waals surface area contributed by atoms with E-state index in [0.717, 1.165) is 22.3 Å². The van der Waals surface area contributed by atoms with Gasteiger partial charge in [0.25, 0.3) is 0 Å². The molecule has 0 saturated heterocycles. The summed E-state index contributed by atoms with van der Waals surface area (Å²) in [6.07, 6.45) is 0. The first-order valence-corrected chi connectivity index (χ1v) is 16.9. The number of benzene rings is 7. The summed E-state index contributed by atoms with van der Waals surface area (Å²) in [5, 5.41) is 15.0. The zero-order chi connectivity index (χ0) is 30.6. The van der Waals surface area contributed by atoms with Crippen LogP contribution in [0.4, 0.5) is 0 Å². The number of rotatable bonds is 4. The average molecular weight is 620 g/mol. The molecule has 2 heterocycles. The molecule has 0 aliphatic rings. The van der Waals surface area contributed by atoms with Crippen molar-refractivity contribution in [3.63, 3.8) is 0 Å². The Labute approximate surface area is 274 Å². The van der Waals surface area contributed by atoms with Crippen LogP contribution in [0.15, 0.2) is 152 Å². The zero-order valence-electron chi connectivity index (χ0n) is 24.7. The molecule has 9 aromatic rings. The molecule has 0 radical (unpaired) electrons. The van der Waals surface area contributed by atoms with Gasteiger partial charge < -0.3 is 0 Å². The number of nitriles is 1. The third kappa shape index (κ3) is 4.43. The molecule has 46 heavy (non-hydrogen) atoms. The fourth-order valence-electron chi connectivity index (χ4n) is 6.72. The molecule has 0 aliphatic heterocycles. The summed E-state index contributed by atoms with van der Waals surface area (Å²) in [5.41, 5.74) is 9.83. The van der Waals surface area contributed by atoms with Crippen LogP contribution in [-0.2, 0) is 0 Å². The molecule has 0 fully saturated rings. The van der Waals surface area contributed by atoms with Crippen LogP contribution in [0.5, 0.6) is 0 Å². The van der Waals surface area contributed by atoms with Gasteiger partial charge >= 0.3 is 0 Å². The molecule has 0 bridgehead atoms. The van der Waals surface area contributed by atoms with E-state index in [2.05, 4.69) is 140 Å². The standard InChI is InChI=1S/C43H25NS2/c44-26-27-9-8-12-29(21-27)35-25-36(30-17-19-42-38(22-30)32-13-4-6-15-40(32)45-42)34(28-10-2-1-3-11-28)24-37(35)31-18-20-43-39(23-31)33-14-5-7-16-41(33)46-43/h1-25H. The van der Waals surface area contributed by atoms with E-state index in [0.29, 0.717) is 5.56 Å². The largest absolute Gasteiger partial charge is 0.192 e. The van der Waals surface area contributed by atoms with Crippen LogP contribution in [-0.4, -0.2) is 0 Å². The van der Waals surface area contributed by atoms with Crippen LogP contribution in [0.2, 0.25) is 0 Å². The molecule has 7 aromatic carbocycles. The Kier molecular flexibility index (Phi) is 6.31. The minimum Gasteiger partial charge on any atom is -0.192 e. The van der Waals surface area contributed by atoms with Crippen molar-refractivity contribution in [2.45, 2.75) is 0 Å². The van der Waals surface area contributed by atoms with Crippen LogP contribution >= 0.6 is 22.7 Å². The summed E-state index contributed by atoms with van der Waals surface area (Å²) in [7, 11) is 0. The predicted molar refractivity (Wildman–Crippen MR) is 199 cm³/mol. The number of hydrogen-bond donors (Lipinski definition) is 0. The summed E-state index contributed by atoms with van der Waals surface area (Å²) < 4.78 is 5.18. The molecule has 0 saturated carbocycles. The Morgan fingerprint density at radius 1 is 0.348 bits per heavy atom. The first kappa shape index (κ1) is 26.8. The predicted octanol–water partition coefficient (Wildman–Crippen LogP) is 13.0. The van der Waals surface area contributed by atoms with E-state index in [1.807, 2.05) is 40.9 Å². The van der Waals surface area contributed by atoms with Crippen molar-refractivity contribution in [1.29, 1.82) is 5.26 Å². The molecule has 3 heteroatoms. The summed E-state index contributed by atoms with van der Waals surface area (Å²) in [5.74, 6) is 0. The summed E-state index contributed by atoms with van der Waals surface area (Å²) >= 11 is 3.68. The fraction of sp³-hybridized carbons (Fsp3) is 0. The second-order valence-corrected chi connectivity index (χ2v) is 13.8. The molecule has 0 atom stereocenters. The van der Waals surface area contributed by atoms with Gasteiger partial charge in [-0.15, -0.1) is 22.7 Å². The topological polar surface area (TPSA) is 23.8 Å². The zero-order valence-corrected chi connectivity index (χ0v) is 26.3. The minimum absolute atomic E-state index is 0.655.